The number of carbonyl (C=O) groups is 1. The Morgan fingerprint density at radius 1 is 1.40 bits per heavy atom. The fourth-order valence-electron chi connectivity index (χ4n) is 0.210. The molecular weight excluding hydrogens is 323 g/mol. The number of ether oxygens (including phenoxy) is 1. The first-order chi connectivity index (χ1) is 4.31. The maximum atomic E-state index is 10.3. The van der Waals surface area contributed by atoms with Crippen LogP contribution in [-0.2, 0) is 9.53 Å². The predicted molar refractivity (Wildman–Crippen MR) is 44.2 cm³/mol. The van der Waals surface area contributed by atoms with Crippen LogP contribution in [0.2, 0.25) is 0 Å². The summed E-state index contributed by atoms with van der Waals surface area (Å²) in [4.78, 5) is 10.3. The fraction of sp³-hybridized carbons (Fsp3) is 0. The van der Waals surface area contributed by atoms with Gasteiger partial charge in [-0.25, -0.2) is 4.79 Å². The van der Waals surface area contributed by atoms with E-state index in [-0.39, 0.29) is 27.3 Å². The number of hydrogen-bond acceptors (Lipinski definition) is 2. The van der Waals surface area contributed by atoms with E-state index in [1.54, 1.807) is 0 Å². The van der Waals surface area contributed by atoms with Crippen molar-refractivity contribution in [1.29, 1.82) is 0 Å². The third kappa shape index (κ3) is 7.61. The molecule has 0 aromatic carbocycles. The van der Waals surface area contributed by atoms with Crippen LogP contribution in [0.1, 0.15) is 0 Å². The summed E-state index contributed by atoms with van der Waals surface area (Å²) in [6, 6.07) is 0. The van der Waals surface area contributed by atoms with Crippen molar-refractivity contribution < 1.29 is 9.53 Å². The van der Waals surface area contributed by atoms with Gasteiger partial charge in [-0.05, 0) is 6.08 Å². The van der Waals surface area contributed by atoms with Crippen LogP contribution in [0.5, 0.6) is 0 Å². The standard InChI is InChI=1S/C7H8O2.Pb.2H/c1-3-5-6-9-7(8)4-2;;;/h3-6H,1-2H2;;;. The molecule has 0 rings (SSSR count). The van der Waals surface area contributed by atoms with Crippen LogP contribution in [0.4, 0.5) is 0 Å². The van der Waals surface area contributed by atoms with E-state index in [0.29, 0.717) is 0 Å². The second kappa shape index (κ2) is 8.61. The number of hydrogen-bond donors (Lipinski definition) is 0. The zero-order valence-corrected chi connectivity index (χ0v) is 11.2. The van der Waals surface area contributed by atoms with Crippen molar-refractivity contribution in [3.8, 4) is 0 Å². The summed E-state index contributed by atoms with van der Waals surface area (Å²) in [5.74, 6) is -0.465. The van der Waals surface area contributed by atoms with Gasteiger partial charge < -0.3 is 4.74 Å². The number of rotatable bonds is 3. The van der Waals surface area contributed by atoms with Crippen molar-refractivity contribution in [2.45, 2.75) is 0 Å². The molecule has 0 saturated carbocycles. The van der Waals surface area contributed by atoms with Crippen molar-refractivity contribution in [3.63, 3.8) is 0 Å². The summed E-state index contributed by atoms with van der Waals surface area (Å²) in [6.07, 6.45) is 5.36. The monoisotopic (exact) mass is 334 g/mol. The molecule has 0 bridgehead atoms. The Morgan fingerprint density at radius 2 is 2.00 bits per heavy atom. The van der Waals surface area contributed by atoms with Gasteiger partial charge in [-0.3, -0.25) is 0 Å². The van der Waals surface area contributed by atoms with E-state index in [0.717, 1.165) is 6.08 Å². The Balaban J connectivity index is 0. The van der Waals surface area contributed by atoms with Gasteiger partial charge in [0.2, 0.25) is 0 Å². The van der Waals surface area contributed by atoms with Crippen LogP contribution < -0.4 is 0 Å². The predicted octanol–water partition coefficient (Wildman–Crippen LogP) is 0.499. The Morgan fingerprint density at radius 3 is 2.40 bits per heavy atom. The molecule has 0 fully saturated rings. The zero-order valence-electron chi connectivity index (χ0n) is 5.75. The first-order valence-electron chi connectivity index (χ1n) is 2.42. The van der Waals surface area contributed by atoms with Gasteiger partial charge >= 0.3 is 33.3 Å². The van der Waals surface area contributed by atoms with E-state index in [4.69, 9.17) is 0 Å². The van der Waals surface area contributed by atoms with Crippen LogP contribution in [0, 0.1) is 0 Å². The summed E-state index contributed by atoms with van der Waals surface area (Å²) < 4.78 is 4.42. The molecule has 0 atom stereocenters. The Labute approximate surface area is 80.4 Å². The first kappa shape index (κ1) is 12.3. The van der Waals surface area contributed by atoms with E-state index in [9.17, 15) is 4.79 Å². The molecule has 0 N–H and O–H groups in total. The number of allylic oxidation sites excluding steroid dienone is 2. The molecule has 0 spiro atoms. The topological polar surface area (TPSA) is 26.3 Å². The molecule has 3 heteroatoms. The zero-order chi connectivity index (χ0) is 7.11. The van der Waals surface area contributed by atoms with Crippen molar-refractivity contribution in [1.82, 2.24) is 0 Å². The van der Waals surface area contributed by atoms with E-state index in [1.807, 2.05) is 0 Å². The summed E-state index contributed by atoms with van der Waals surface area (Å²) in [6.45, 7) is 6.58. The summed E-state index contributed by atoms with van der Waals surface area (Å²) in [5.41, 5.74) is 0. The van der Waals surface area contributed by atoms with Crippen LogP contribution >= 0.6 is 0 Å². The summed E-state index contributed by atoms with van der Waals surface area (Å²) in [7, 11) is 0. The van der Waals surface area contributed by atoms with E-state index in [1.165, 1.54) is 18.4 Å². The second-order valence-corrected chi connectivity index (χ2v) is 1.21. The third-order valence-corrected chi connectivity index (χ3v) is 0.566. The third-order valence-electron chi connectivity index (χ3n) is 0.566. The number of carbonyl (C=O) groups excluding carboxylic acids is 1. The van der Waals surface area contributed by atoms with Crippen molar-refractivity contribution >= 4 is 33.3 Å². The molecule has 0 aliphatic heterocycles. The molecule has 0 aromatic rings. The van der Waals surface area contributed by atoms with E-state index < -0.39 is 5.97 Å². The molecule has 0 heterocycles. The molecule has 0 aromatic heterocycles. The summed E-state index contributed by atoms with van der Waals surface area (Å²) in [5, 5.41) is 0. The van der Waals surface area contributed by atoms with E-state index >= 15 is 0 Å². The maximum absolute atomic E-state index is 10.3. The molecule has 54 valence electrons. The van der Waals surface area contributed by atoms with Gasteiger partial charge in [0, 0.05) is 6.08 Å². The SMILES string of the molecule is C=CC=COC(=O)C=C.[PbH2]. The Bertz CT molecular complexity index is 150. The molecule has 0 saturated heterocycles. The van der Waals surface area contributed by atoms with Gasteiger partial charge in [0.25, 0.3) is 0 Å². The second-order valence-electron chi connectivity index (χ2n) is 1.21. The fourth-order valence-corrected chi connectivity index (χ4v) is 0.210. The molecule has 0 unspecified atom stereocenters. The minimum atomic E-state index is -0.465. The van der Waals surface area contributed by atoms with Crippen molar-refractivity contribution in [2.24, 2.45) is 0 Å². The molecule has 2 nitrogen and oxygen atoms in total. The van der Waals surface area contributed by atoms with Gasteiger partial charge in [0.15, 0.2) is 0 Å². The van der Waals surface area contributed by atoms with Crippen LogP contribution in [0.25, 0.3) is 0 Å². The Hall–Kier alpha value is -0.388. The minimum absolute atomic E-state index is 0. The molecule has 2 radical (unpaired) electrons. The van der Waals surface area contributed by atoms with Gasteiger partial charge in [-0.2, -0.15) is 0 Å². The van der Waals surface area contributed by atoms with Gasteiger partial charge in [0.05, 0.1) is 6.26 Å². The van der Waals surface area contributed by atoms with Gasteiger partial charge in [-0.1, -0.05) is 19.2 Å². The van der Waals surface area contributed by atoms with Crippen LogP contribution in [-0.4, -0.2) is 33.3 Å². The molecule has 0 aliphatic rings. The average molecular weight is 333 g/mol. The normalized spacial score (nSPS) is 8.00. The van der Waals surface area contributed by atoms with Crippen LogP contribution in [0.3, 0.4) is 0 Å². The van der Waals surface area contributed by atoms with Crippen molar-refractivity contribution in [3.05, 3.63) is 37.6 Å². The van der Waals surface area contributed by atoms with E-state index in [2.05, 4.69) is 17.9 Å². The number of esters is 1. The van der Waals surface area contributed by atoms with Gasteiger partial charge in [0.1, 0.15) is 0 Å². The Kier molecular flexibility index (Phi) is 10.6. The quantitative estimate of drug-likeness (QED) is 0.247. The molecule has 10 heavy (non-hydrogen) atoms. The van der Waals surface area contributed by atoms with Crippen molar-refractivity contribution in [2.75, 3.05) is 0 Å². The van der Waals surface area contributed by atoms with Crippen LogP contribution in [0.15, 0.2) is 37.6 Å². The van der Waals surface area contributed by atoms with Gasteiger partial charge in [-0.15, -0.1) is 0 Å². The molecule has 0 amide bonds. The summed E-state index contributed by atoms with van der Waals surface area (Å²) >= 11 is 0. The molecule has 0 aliphatic carbocycles. The first-order valence-corrected chi connectivity index (χ1v) is 2.42. The molecular formula is C7H10O2Pb. The average Bonchev–Trinajstić information content (AvgIpc) is 1.89.